The van der Waals surface area contributed by atoms with Gasteiger partial charge in [0.15, 0.2) is 0 Å². The fourth-order valence-corrected chi connectivity index (χ4v) is 1.89. The van der Waals surface area contributed by atoms with Gasteiger partial charge in [0, 0.05) is 5.56 Å². The summed E-state index contributed by atoms with van der Waals surface area (Å²) in [4.78, 5) is 18.3. The van der Waals surface area contributed by atoms with Crippen molar-refractivity contribution in [2.75, 3.05) is 0 Å². The quantitative estimate of drug-likeness (QED) is 0.740. The summed E-state index contributed by atoms with van der Waals surface area (Å²) in [6.07, 6.45) is 0. The van der Waals surface area contributed by atoms with Crippen molar-refractivity contribution in [3.05, 3.63) is 53.8 Å². The molecule has 0 amide bonds. The van der Waals surface area contributed by atoms with Crippen molar-refractivity contribution in [1.82, 2.24) is 9.97 Å². The van der Waals surface area contributed by atoms with Crippen molar-refractivity contribution >= 4 is 17.0 Å². The van der Waals surface area contributed by atoms with Crippen LogP contribution in [-0.2, 0) is 0 Å². The summed E-state index contributed by atoms with van der Waals surface area (Å²) in [6, 6.07) is 10.6. The van der Waals surface area contributed by atoms with Gasteiger partial charge in [-0.15, -0.1) is 0 Å². The predicted octanol–water partition coefficient (Wildman–Crippen LogP) is 3.07. The Morgan fingerprint density at radius 3 is 2.58 bits per heavy atom. The van der Waals surface area contributed by atoms with E-state index in [1.54, 1.807) is 18.2 Å². The number of nitrogens with one attached hydrogen (secondary N) is 1. The van der Waals surface area contributed by atoms with E-state index in [-0.39, 0.29) is 11.4 Å². The lowest BCUT2D eigenvalue weighted by Crippen LogP contribution is -1.94. The minimum absolute atomic E-state index is 0.196. The molecule has 2 aromatic carbocycles. The third kappa shape index (κ3) is 2.06. The van der Waals surface area contributed by atoms with E-state index in [0.29, 0.717) is 16.9 Å². The van der Waals surface area contributed by atoms with Crippen LogP contribution in [0.25, 0.3) is 22.4 Å². The second-order valence-corrected chi connectivity index (χ2v) is 4.13. The second kappa shape index (κ2) is 4.20. The zero-order valence-electron chi connectivity index (χ0n) is 9.72. The van der Waals surface area contributed by atoms with Gasteiger partial charge in [-0.1, -0.05) is 0 Å². The molecule has 0 atom stereocenters. The number of aromatic nitrogens is 2. The summed E-state index contributed by atoms with van der Waals surface area (Å²) < 4.78 is 12.9. The Labute approximate surface area is 107 Å². The molecular formula is C14H9FN2O2. The molecule has 0 fully saturated rings. The highest BCUT2D eigenvalue weighted by Gasteiger charge is 2.08. The normalized spacial score (nSPS) is 10.8. The molecule has 3 rings (SSSR count). The fourth-order valence-electron chi connectivity index (χ4n) is 1.89. The number of imidazole rings is 1. The number of hydrogen-bond acceptors (Lipinski definition) is 2. The number of H-pyrrole nitrogens is 1. The molecule has 0 unspecified atom stereocenters. The molecule has 0 aliphatic carbocycles. The average Bonchev–Trinajstić information content (AvgIpc) is 2.82. The van der Waals surface area contributed by atoms with Crippen molar-refractivity contribution in [3.8, 4) is 11.4 Å². The molecule has 1 heterocycles. The van der Waals surface area contributed by atoms with Crippen LogP contribution < -0.4 is 0 Å². The molecule has 2 N–H and O–H groups in total. The second-order valence-electron chi connectivity index (χ2n) is 4.13. The molecular weight excluding hydrogens is 247 g/mol. The maximum Gasteiger partial charge on any atom is 0.335 e. The van der Waals surface area contributed by atoms with Crippen molar-refractivity contribution < 1.29 is 14.3 Å². The van der Waals surface area contributed by atoms with Gasteiger partial charge >= 0.3 is 5.97 Å². The van der Waals surface area contributed by atoms with Crippen molar-refractivity contribution in [1.29, 1.82) is 0 Å². The lowest BCUT2D eigenvalue weighted by molar-refractivity contribution is 0.0697. The number of aromatic carboxylic acids is 1. The first-order chi connectivity index (χ1) is 9.13. The van der Waals surface area contributed by atoms with E-state index < -0.39 is 5.97 Å². The van der Waals surface area contributed by atoms with Gasteiger partial charge in [0.1, 0.15) is 11.6 Å². The Balaban J connectivity index is 2.11. The van der Waals surface area contributed by atoms with Crippen LogP contribution >= 0.6 is 0 Å². The van der Waals surface area contributed by atoms with Crippen molar-refractivity contribution in [2.45, 2.75) is 0 Å². The minimum Gasteiger partial charge on any atom is -0.478 e. The van der Waals surface area contributed by atoms with E-state index in [0.717, 1.165) is 5.56 Å². The van der Waals surface area contributed by atoms with E-state index >= 15 is 0 Å². The maximum absolute atomic E-state index is 12.9. The summed E-state index contributed by atoms with van der Waals surface area (Å²) in [6.45, 7) is 0. The average molecular weight is 256 g/mol. The Morgan fingerprint density at radius 2 is 1.89 bits per heavy atom. The first kappa shape index (κ1) is 11.4. The third-order valence-corrected chi connectivity index (χ3v) is 2.85. The number of halogens is 1. The largest absolute Gasteiger partial charge is 0.478 e. The Kier molecular flexibility index (Phi) is 2.52. The highest BCUT2D eigenvalue weighted by atomic mass is 19.1. The number of aromatic amines is 1. The topological polar surface area (TPSA) is 66.0 Å². The van der Waals surface area contributed by atoms with Gasteiger partial charge in [-0.25, -0.2) is 14.2 Å². The summed E-state index contributed by atoms with van der Waals surface area (Å²) in [5.41, 5.74) is 2.25. The summed E-state index contributed by atoms with van der Waals surface area (Å²) in [5.74, 6) is -0.717. The van der Waals surface area contributed by atoms with Crippen LogP contribution in [-0.4, -0.2) is 21.0 Å². The summed E-state index contributed by atoms with van der Waals surface area (Å²) in [5, 5.41) is 8.92. The van der Waals surface area contributed by atoms with Crippen molar-refractivity contribution in [3.63, 3.8) is 0 Å². The number of carboxylic acid groups (broad SMARTS) is 1. The van der Waals surface area contributed by atoms with Crippen LogP contribution in [0.3, 0.4) is 0 Å². The molecule has 0 aliphatic rings. The van der Waals surface area contributed by atoms with Crippen LogP contribution in [0.5, 0.6) is 0 Å². The molecule has 5 heteroatoms. The fraction of sp³-hybridized carbons (Fsp3) is 0. The van der Waals surface area contributed by atoms with E-state index in [9.17, 15) is 9.18 Å². The smallest absolute Gasteiger partial charge is 0.335 e. The Bertz CT molecular complexity index is 763. The molecule has 0 bridgehead atoms. The Morgan fingerprint density at radius 1 is 1.16 bits per heavy atom. The number of carboxylic acids is 1. The monoisotopic (exact) mass is 256 g/mol. The minimum atomic E-state index is -0.986. The molecule has 0 saturated carbocycles. The van der Waals surface area contributed by atoms with Crippen LogP contribution in [0.15, 0.2) is 42.5 Å². The highest BCUT2D eigenvalue weighted by Crippen LogP contribution is 2.21. The van der Waals surface area contributed by atoms with Gasteiger partial charge in [0.2, 0.25) is 0 Å². The molecule has 1 aromatic heterocycles. The number of hydrogen-bond donors (Lipinski definition) is 2. The predicted molar refractivity (Wildman–Crippen MR) is 68.4 cm³/mol. The van der Waals surface area contributed by atoms with Gasteiger partial charge in [-0.3, -0.25) is 0 Å². The van der Waals surface area contributed by atoms with Crippen LogP contribution in [0.1, 0.15) is 10.4 Å². The lowest BCUT2D eigenvalue weighted by atomic mass is 10.2. The standard InChI is InChI=1S/C14H9FN2O2/c15-10-4-1-8(2-5-10)13-16-11-6-3-9(14(18)19)7-12(11)17-13/h1-7H,(H,16,17)(H,18,19). The number of benzene rings is 2. The van der Waals surface area contributed by atoms with Gasteiger partial charge in [-0.05, 0) is 42.5 Å². The SMILES string of the molecule is O=C(O)c1ccc2nc(-c3ccc(F)cc3)[nH]c2c1. The highest BCUT2D eigenvalue weighted by molar-refractivity contribution is 5.92. The molecule has 0 radical (unpaired) electrons. The zero-order valence-corrected chi connectivity index (χ0v) is 9.72. The van der Waals surface area contributed by atoms with E-state index in [1.807, 2.05) is 0 Å². The lowest BCUT2D eigenvalue weighted by Gasteiger charge is -1.95. The molecule has 0 saturated heterocycles. The van der Waals surface area contributed by atoms with E-state index in [1.165, 1.54) is 24.3 Å². The summed E-state index contributed by atoms with van der Waals surface area (Å²) >= 11 is 0. The molecule has 0 spiro atoms. The third-order valence-electron chi connectivity index (χ3n) is 2.85. The molecule has 19 heavy (non-hydrogen) atoms. The first-order valence-corrected chi connectivity index (χ1v) is 5.62. The Hall–Kier alpha value is -2.69. The van der Waals surface area contributed by atoms with Gasteiger partial charge in [-0.2, -0.15) is 0 Å². The molecule has 94 valence electrons. The summed E-state index contributed by atoms with van der Waals surface area (Å²) in [7, 11) is 0. The number of carbonyl (C=O) groups is 1. The van der Waals surface area contributed by atoms with Crippen LogP contribution in [0.4, 0.5) is 4.39 Å². The van der Waals surface area contributed by atoms with Gasteiger partial charge in [0.25, 0.3) is 0 Å². The van der Waals surface area contributed by atoms with Crippen LogP contribution in [0.2, 0.25) is 0 Å². The number of fused-ring (bicyclic) bond motifs is 1. The van der Waals surface area contributed by atoms with Crippen LogP contribution in [0, 0.1) is 5.82 Å². The first-order valence-electron chi connectivity index (χ1n) is 5.62. The van der Waals surface area contributed by atoms with E-state index in [4.69, 9.17) is 5.11 Å². The molecule has 4 nitrogen and oxygen atoms in total. The van der Waals surface area contributed by atoms with E-state index in [2.05, 4.69) is 9.97 Å². The van der Waals surface area contributed by atoms with Crippen molar-refractivity contribution in [2.24, 2.45) is 0 Å². The molecule has 3 aromatic rings. The molecule has 0 aliphatic heterocycles. The number of rotatable bonds is 2. The van der Waals surface area contributed by atoms with Gasteiger partial charge in [0.05, 0.1) is 16.6 Å². The van der Waals surface area contributed by atoms with Gasteiger partial charge < -0.3 is 10.1 Å². The maximum atomic E-state index is 12.9. The zero-order chi connectivity index (χ0) is 13.4. The number of nitrogens with zero attached hydrogens (tertiary/aromatic N) is 1.